The lowest BCUT2D eigenvalue weighted by molar-refractivity contribution is 0.155. The molecule has 1 atom stereocenters. The maximum absolute atomic E-state index is 12.4. The lowest BCUT2D eigenvalue weighted by atomic mass is 10.00. The molecule has 1 aromatic carbocycles. The van der Waals surface area contributed by atoms with Gasteiger partial charge in [0.2, 0.25) is 0 Å². The Hall–Kier alpha value is -2.53. The van der Waals surface area contributed by atoms with Gasteiger partial charge in [-0.3, -0.25) is 9.36 Å². The van der Waals surface area contributed by atoms with Crippen LogP contribution in [0, 0.1) is 0 Å². The van der Waals surface area contributed by atoms with Gasteiger partial charge in [0, 0.05) is 6.20 Å². The molecule has 0 aliphatic rings. The minimum absolute atomic E-state index is 0.164. The lowest BCUT2D eigenvalue weighted by Gasteiger charge is -2.14. The zero-order valence-corrected chi connectivity index (χ0v) is 13.2. The van der Waals surface area contributed by atoms with Gasteiger partial charge in [0.25, 0.3) is 5.56 Å². The van der Waals surface area contributed by atoms with E-state index in [4.69, 9.17) is 0 Å². The molecule has 5 nitrogen and oxygen atoms in total. The summed E-state index contributed by atoms with van der Waals surface area (Å²) in [5.41, 5.74) is 2.23. The van der Waals surface area contributed by atoms with E-state index in [0.717, 1.165) is 5.56 Å². The highest BCUT2D eigenvalue weighted by atomic mass is 16.3. The van der Waals surface area contributed by atoms with Crippen LogP contribution in [-0.4, -0.2) is 19.6 Å². The molecule has 0 aliphatic carbocycles. The predicted octanol–water partition coefficient (Wildman–Crippen LogP) is 2.65. The molecule has 0 saturated carbocycles. The number of aliphatic hydroxyl groups excluding tert-OH is 1. The van der Waals surface area contributed by atoms with E-state index in [9.17, 15) is 9.90 Å². The van der Waals surface area contributed by atoms with Crippen LogP contribution in [0.3, 0.4) is 0 Å². The second-order valence-corrected chi connectivity index (χ2v) is 5.91. The molecule has 0 fully saturated rings. The largest absolute Gasteiger partial charge is 0.387 e. The summed E-state index contributed by atoms with van der Waals surface area (Å²) >= 11 is 0. The minimum atomic E-state index is -0.759. The van der Waals surface area contributed by atoms with Gasteiger partial charge in [-0.05, 0) is 29.2 Å². The van der Waals surface area contributed by atoms with Gasteiger partial charge in [0.1, 0.15) is 6.33 Å². The van der Waals surface area contributed by atoms with Crippen LogP contribution in [0.1, 0.15) is 37.0 Å². The van der Waals surface area contributed by atoms with Crippen LogP contribution >= 0.6 is 0 Å². The molecule has 0 bridgehead atoms. The molecule has 118 valence electrons. The Balaban J connectivity index is 1.86. The van der Waals surface area contributed by atoms with Gasteiger partial charge in [0.05, 0.1) is 18.0 Å². The topological polar surface area (TPSA) is 68.0 Å². The highest BCUT2D eigenvalue weighted by Gasteiger charge is 2.12. The Bertz CT molecular complexity index is 869. The number of aromatic nitrogens is 3. The van der Waals surface area contributed by atoms with E-state index in [1.54, 1.807) is 18.3 Å². The molecule has 3 aromatic rings. The average molecular weight is 309 g/mol. The van der Waals surface area contributed by atoms with Gasteiger partial charge >= 0.3 is 0 Å². The van der Waals surface area contributed by atoms with Gasteiger partial charge < -0.3 is 5.11 Å². The van der Waals surface area contributed by atoms with Gasteiger partial charge in [-0.25, -0.2) is 9.97 Å². The summed E-state index contributed by atoms with van der Waals surface area (Å²) in [6.07, 6.45) is 2.28. The van der Waals surface area contributed by atoms with Crippen LogP contribution in [0.2, 0.25) is 0 Å². The Morgan fingerprint density at radius 3 is 2.48 bits per heavy atom. The van der Waals surface area contributed by atoms with E-state index < -0.39 is 6.10 Å². The Morgan fingerprint density at radius 1 is 1.09 bits per heavy atom. The second-order valence-electron chi connectivity index (χ2n) is 5.91. The summed E-state index contributed by atoms with van der Waals surface area (Å²) in [6.45, 7) is 4.41. The van der Waals surface area contributed by atoms with Crippen LogP contribution in [-0.2, 0) is 6.54 Å². The van der Waals surface area contributed by atoms with Crippen molar-refractivity contribution >= 4 is 11.0 Å². The van der Waals surface area contributed by atoms with Crippen molar-refractivity contribution in [3.63, 3.8) is 0 Å². The van der Waals surface area contributed by atoms with Crippen LogP contribution in [0.25, 0.3) is 11.0 Å². The van der Waals surface area contributed by atoms with Crippen molar-refractivity contribution in [2.75, 3.05) is 0 Å². The van der Waals surface area contributed by atoms with E-state index in [1.165, 1.54) is 16.5 Å². The van der Waals surface area contributed by atoms with E-state index in [2.05, 4.69) is 23.8 Å². The standard InChI is InChI=1S/C18H19N3O2/c1-12(2)13-5-7-14(8-6-13)16(22)10-21-11-20-17-15(18(21)23)4-3-9-19-17/h3-9,11-12,16,22H,10H2,1-2H3. The molecule has 1 N–H and O–H groups in total. The summed E-state index contributed by atoms with van der Waals surface area (Å²) in [7, 11) is 0. The smallest absolute Gasteiger partial charge is 0.262 e. The van der Waals surface area contributed by atoms with Gasteiger partial charge in [-0.15, -0.1) is 0 Å². The maximum Gasteiger partial charge on any atom is 0.262 e. The van der Waals surface area contributed by atoms with Crippen molar-refractivity contribution in [2.24, 2.45) is 0 Å². The monoisotopic (exact) mass is 309 g/mol. The summed E-state index contributed by atoms with van der Waals surface area (Å²) in [4.78, 5) is 20.6. The fraction of sp³-hybridized carbons (Fsp3) is 0.278. The SMILES string of the molecule is CC(C)c1ccc(C(O)Cn2cnc3ncccc3c2=O)cc1. The Kier molecular flexibility index (Phi) is 4.21. The highest BCUT2D eigenvalue weighted by Crippen LogP contribution is 2.19. The zero-order chi connectivity index (χ0) is 16.4. The first-order valence-corrected chi connectivity index (χ1v) is 7.64. The number of pyridine rings is 1. The molecule has 3 rings (SSSR count). The number of benzene rings is 1. The Labute approximate surface area is 134 Å². The fourth-order valence-electron chi connectivity index (χ4n) is 2.52. The number of fused-ring (bicyclic) bond motifs is 1. The molecule has 0 radical (unpaired) electrons. The van der Waals surface area contributed by atoms with Gasteiger partial charge in [-0.1, -0.05) is 38.1 Å². The average Bonchev–Trinajstić information content (AvgIpc) is 2.57. The third-order valence-corrected chi connectivity index (χ3v) is 3.95. The van der Waals surface area contributed by atoms with E-state index >= 15 is 0 Å². The normalized spacial score (nSPS) is 12.7. The van der Waals surface area contributed by atoms with Crippen molar-refractivity contribution in [1.29, 1.82) is 0 Å². The molecule has 0 amide bonds. The summed E-state index contributed by atoms with van der Waals surface area (Å²) in [5, 5.41) is 10.9. The molecule has 5 heteroatoms. The summed E-state index contributed by atoms with van der Waals surface area (Å²) in [5.74, 6) is 0.445. The Morgan fingerprint density at radius 2 is 1.78 bits per heavy atom. The number of rotatable bonds is 4. The van der Waals surface area contributed by atoms with E-state index in [1.807, 2.05) is 24.3 Å². The van der Waals surface area contributed by atoms with Crippen molar-refractivity contribution in [3.05, 3.63) is 70.4 Å². The lowest BCUT2D eigenvalue weighted by Crippen LogP contribution is -2.24. The number of nitrogens with zero attached hydrogens (tertiary/aromatic N) is 3. The van der Waals surface area contributed by atoms with Crippen LogP contribution in [0.4, 0.5) is 0 Å². The molecule has 1 unspecified atom stereocenters. The first-order chi connectivity index (χ1) is 11.1. The van der Waals surface area contributed by atoms with E-state index in [-0.39, 0.29) is 12.1 Å². The molecule has 0 aliphatic heterocycles. The van der Waals surface area contributed by atoms with Crippen molar-refractivity contribution in [2.45, 2.75) is 32.4 Å². The van der Waals surface area contributed by atoms with Gasteiger partial charge in [0.15, 0.2) is 5.65 Å². The molecule has 2 heterocycles. The molecule has 0 saturated heterocycles. The first-order valence-electron chi connectivity index (χ1n) is 7.64. The first kappa shape index (κ1) is 15.4. The molecule has 23 heavy (non-hydrogen) atoms. The number of aliphatic hydroxyl groups is 1. The summed E-state index contributed by atoms with van der Waals surface area (Å²) < 4.78 is 1.42. The van der Waals surface area contributed by atoms with Gasteiger partial charge in [-0.2, -0.15) is 0 Å². The summed E-state index contributed by atoms with van der Waals surface area (Å²) in [6, 6.07) is 11.2. The second kappa shape index (κ2) is 6.30. The molecular formula is C18H19N3O2. The third kappa shape index (κ3) is 3.14. The fourth-order valence-corrected chi connectivity index (χ4v) is 2.52. The quantitative estimate of drug-likeness (QED) is 0.804. The number of hydrogen-bond donors (Lipinski definition) is 1. The predicted molar refractivity (Wildman–Crippen MR) is 89.3 cm³/mol. The van der Waals surface area contributed by atoms with Crippen molar-refractivity contribution < 1.29 is 5.11 Å². The molecule has 0 spiro atoms. The third-order valence-electron chi connectivity index (χ3n) is 3.95. The number of hydrogen-bond acceptors (Lipinski definition) is 4. The van der Waals surface area contributed by atoms with Crippen LogP contribution < -0.4 is 5.56 Å². The van der Waals surface area contributed by atoms with Crippen LogP contribution in [0.15, 0.2) is 53.7 Å². The van der Waals surface area contributed by atoms with Crippen molar-refractivity contribution in [1.82, 2.24) is 14.5 Å². The minimum Gasteiger partial charge on any atom is -0.387 e. The molecular weight excluding hydrogens is 290 g/mol. The molecule has 2 aromatic heterocycles. The maximum atomic E-state index is 12.4. The van der Waals surface area contributed by atoms with E-state index in [0.29, 0.717) is 17.0 Å². The van der Waals surface area contributed by atoms with Crippen LogP contribution in [0.5, 0.6) is 0 Å². The highest BCUT2D eigenvalue weighted by molar-refractivity contribution is 5.72. The van der Waals surface area contributed by atoms with Crippen molar-refractivity contribution in [3.8, 4) is 0 Å². The zero-order valence-electron chi connectivity index (χ0n) is 13.2.